The minimum absolute atomic E-state index is 0.923. The molecule has 77 valence electrons. The Morgan fingerprint density at radius 3 is 2.38 bits per heavy atom. The molecule has 0 N–H and O–H groups in total. The topological polar surface area (TPSA) is 12.5 Å². The molecule has 1 fully saturated rings. The van der Waals surface area contributed by atoms with Crippen LogP contribution < -0.4 is 0 Å². The average molecular weight is 202 g/mol. The van der Waals surface area contributed by atoms with Crippen molar-refractivity contribution in [2.24, 2.45) is 0 Å². The van der Waals surface area contributed by atoms with Gasteiger partial charge in [0.2, 0.25) is 0 Å². The first-order valence-electron chi connectivity index (χ1n) is 5.31. The fraction of sp³-hybridized carbons (Fsp3) is 1.00. The van der Waals surface area contributed by atoms with Gasteiger partial charge in [-0.15, -0.1) is 0 Å². The van der Waals surface area contributed by atoms with E-state index in [0.717, 1.165) is 32.1 Å². The van der Waals surface area contributed by atoms with Crippen LogP contribution in [0.1, 0.15) is 25.7 Å². The minimum atomic E-state index is 0.923. The van der Waals surface area contributed by atoms with Crippen LogP contribution in [0.25, 0.3) is 0 Å². The van der Waals surface area contributed by atoms with Crippen molar-refractivity contribution in [1.29, 1.82) is 0 Å². The monoisotopic (exact) mass is 202 g/mol. The quantitative estimate of drug-likeness (QED) is 0.611. The molecule has 0 saturated carbocycles. The first-order valence-corrected chi connectivity index (χ1v) is 5.89. The molecule has 3 heteroatoms. The number of hydrogen-bond donors (Lipinski definition) is 0. The molecule has 13 heavy (non-hydrogen) atoms. The summed E-state index contributed by atoms with van der Waals surface area (Å²) in [4.78, 5) is 2.50. The highest BCUT2D eigenvalue weighted by Crippen LogP contribution is 2.04. The van der Waals surface area contributed by atoms with Crippen molar-refractivity contribution in [3.63, 3.8) is 0 Å². The molecule has 1 radical (unpaired) electrons. The van der Waals surface area contributed by atoms with Crippen LogP contribution in [0.15, 0.2) is 0 Å². The van der Waals surface area contributed by atoms with Crippen molar-refractivity contribution in [1.82, 2.24) is 4.90 Å². The maximum Gasteiger partial charge on any atom is 0.0594 e. The minimum Gasteiger partial charge on any atom is -0.379 e. The van der Waals surface area contributed by atoms with Gasteiger partial charge < -0.3 is 4.74 Å². The summed E-state index contributed by atoms with van der Waals surface area (Å²) in [6.45, 7) is 5.35. The van der Waals surface area contributed by atoms with E-state index < -0.39 is 0 Å². The zero-order chi connectivity index (χ0) is 9.36. The molecule has 2 nitrogen and oxygen atoms in total. The third-order valence-corrected chi connectivity index (χ3v) is 2.76. The Kier molecular flexibility index (Phi) is 6.68. The van der Waals surface area contributed by atoms with E-state index in [4.69, 9.17) is 17.4 Å². The number of unbranched alkanes of at least 4 members (excludes halogenated alkanes) is 3. The first kappa shape index (κ1) is 11.3. The van der Waals surface area contributed by atoms with E-state index in [1.54, 1.807) is 0 Å². The van der Waals surface area contributed by atoms with Crippen LogP contribution in [0.4, 0.5) is 0 Å². The summed E-state index contributed by atoms with van der Waals surface area (Å²) in [7, 11) is 0. The standard InChI is InChI=1S/C10H20NOS/c13-10-4-2-1-3-5-11-6-8-12-9-7-11/h1-10H2. The lowest BCUT2D eigenvalue weighted by Crippen LogP contribution is -2.36. The number of rotatable bonds is 6. The van der Waals surface area contributed by atoms with Crippen molar-refractivity contribution in [3.05, 3.63) is 0 Å². The summed E-state index contributed by atoms with van der Waals surface area (Å²) in [5.41, 5.74) is 0. The normalized spacial score (nSPS) is 19.2. The van der Waals surface area contributed by atoms with E-state index in [1.165, 1.54) is 32.2 Å². The summed E-state index contributed by atoms with van der Waals surface area (Å²) in [5.74, 6) is 0.928. The van der Waals surface area contributed by atoms with E-state index in [1.807, 2.05) is 0 Å². The zero-order valence-electron chi connectivity index (χ0n) is 8.33. The van der Waals surface area contributed by atoms with Crippen LogP contribution in [-0.4, -0.2) is 43.5 Å². The van der Waals surface area contributed by atoms with Gasteiger partial charge in [-0.05, 0) is 19.4 Å². The van der Waals surface area contributed by atoms with Gasteiger partial charge in [-0.25, -0.2) is 0 Å². The highest BCUT2D eigenvalue weighted by atomic mass is 32.1. The molecule has 0 amide bonds. The van der Waals surface area contributed by atoms with Crippen molar-refractivity contribution < 1.29 is 4.74 Å². The second-order valence-electron chi connectivity index (χ2n) is 3.57. The largest absolute Gasteiger partial charge is 0.379 e. The first-order chi connectivity index (χ1) is 6.43. The van der Waals surface area contributed by atoms with E-state index in [0.29, 0.717) is 0 Å². The van der Waals surface area contributed by atoms with E-state index >= 15 is 0 Å². The molecular formula is C10H20NOS. The number of ether oxygens (including phenoxy) is 1. The molecule has 0 atom stereocenters. The lowest BCUT2D eigenvalue weighted by Gasteiger charge is -2.26. The van der Waals surface area contributed by atoms with Gasteiger partial charge in [-0.3, -0.25) is 4.90 Å². The molecule has 0 aromatic heterocycles. The lowest BCUT2D eigenvalue weighted by atomic mass is 10.2. The van der Waals surface area contributed by atoms with Gasteiger partial charge >= 0.3 is 0 Å². The van der Waals surface area contributed by atoms with Crippen molar-refractivity contribution >= 4 is 12.6 Å². The SMILES string of the molecule is [S]CCCCCCN1CCOCC1. The molecule has 1 saturated heterocycles. The Morgan fingerprint density at radius 2 is 1.69 bits per heavy atom. The summed E-state index contributed by atoms with van der Waals surface area (Å²) in [5, 5.41) is 0. The number of hydrogen-bond acceptors (Lipinski definition) is 2. The second kappa shape index (κ2) is 7.65. The van der Waals surface area contributed by atoms with E-state index in [-0.39, 0.29) is 0 Å². The number of morpholine rings is 1. The fourth-order valence-corrected chi connectivity index (χ4v) is 1.82. The highest BCUT2D eigenvalue weighted by Gasteiger charge is 2.08. The Bertz CT molecular complexity index is 115. The molecule has 1 aliphatic rings. The molecule has 0 aromatic carbocycles. The molecule has 0 unspecified atom stereocenters. The molecule has 1 aliphatic heterocycles. The summed E-state index contributed by atoms with van der Waals surface area (Å²) < 4.78 is 5.29. The van der Waals surface area contributed by atoms with E-state index in [9.17, 15) is 0 Å². The Morgan fingerprint density at radius 1 is 1.00 bits per heavy atom. The summed E-state index contributed by atoms with van der Waals surface area (Å²) in [6, 6.07) is 0. The van der Waals surface area contributed by atoms with Gasteiger partial charge in [-0.1, -0.05) is 25.5 Å². The zero-order valence-corrected chi connectivity index (χ0v) is 9.15. The average Bonchev–Trinajstić information content (AvgIpc) is 2.19. The predicted octanol–water partition coefficient (Wildman–Crippen LogP) is 2.08. The van der Waals surface area contributed by atoms with Crippen molar-refractivity contribution in [2.45, 2.75) is 25.7 Å². The molecule has 0 bridgehead atoms. The van der Waals surface area contributed by atoms with Gasteiger partial charge in [0.05, 0.1) is 13.2 Å². The second-order valence-corrected chi connectivity index (χ2v) is 3.98. The van der Waals surface area contributed by atoms with Crippen molar-refractivity contribution in [2.75, 3.05) is 38.6 Å². The maximum atomic E-state index is 5.29. The van der Waals surface area contributed by atoms with Crippen LogP contribution in [0.5, 0.6) is 0 Å². The Labute approximate surface area is 87.0 Å². The van der Waals surface area contributed by atoms with Gasteiger partial charge in [-0.2, -0.15) is 0 Å². The van der Waals surface area contributed by atoms with Gasteiger partial charge in [0, 0.05) is 18.8 Å². The van der Waals surface area contributed by atoms with Crippen LogP contribution >= 0.6 is 12.6 Å². The summed E-state index contributed by atoms with van der Waals surface area (Å²) >= 11 is 4.90. The Hall–Kier alpha value is 0.270. The third kappa shape index (κ3) is 5.55. The van der Waals surface area contributed by atoms with Gasteiger partial charge in [0.1, 0.15) is 0 Å². The molecule has 0 aromatic rings. The molecule has 1 rings (SSSR count). The molecular weight excluding hydrogens is 182 g/mol. The molecule has 0 spiro atoms. The molecule has 1 heterocycles. The highest BCUT2D eigenvalue weighted by molar-refractivity contribution is 7.80. The summed E-state index contributed by atoms with van der Waals surface area (Å²) in [6.07, 6.45) is 5.20. The smallest absolute Gasteiger partial charge is 0.0594 e. The van der Waals surface area contributed by atoms with Crippen LogP contribution in [0.3, 0.4) is 0 Å². The fourth-order valence-electron chi connectivity index (χ4n) is 1.62. The maximum absolute atomic E-state index is 5.29. The predicted molar refractivity (Wildman–Crippen MR) is 58.2 cm³/mol. The van der Waals surface area contributed by atoms with Gasteiger partial charge in [0.25, 0.3) is 0 Å². The van der Waals surface area contributed by atoms with Crippen LogP contribution in [0, 0.1) is 0 Å². The van der Waals surface area contributed by atoms with Gasteiger partial charge in [0.15, 0.2) is 0 Å². The van der Waals surface area contributed by atoms with Crippen LogP contribution in [-0.2, 0) is 4.74 Å². The van der Waals surface area contributed by atoms with Crippen molar-refractivity contribution in [3.8, 4) is 0 Å². The Balaban J connectivity index is 1.86. The third-order valence-electron chi connectivity index (χ3n) is 2.47. The lowest BCUT2D eigenvalue weighted by molar-refractivity contribution is 0.0371. The van der Waals surface area contributed by atoms with E-state index in [2.05, 4.69) is 4.90 Å². The molecule has 0 aliphatic carbocycles. The van der Waals surface area contributed by atoms with Crippen LogP contribution in [0.2, 0.25) is 0 Å². The number of nitrogens with zero attached hydrogens (tertiary/aromatic N) is 1.